The summed E-state index contributed by atoms with van der Waals surface area (Å²) in [5.74, 6) is 0.696. The second-order valence-corrected chi connectivity index (χ2v) is 4.07. The number of aromatic nitrogens is 4. The lowest BCUT2D eigenvalue weighted by Gasteiger charge is -2.00. The number of anilines is 1. The Labute approximate surface area is 98.5 Å². The molecule has 17 heavy (non-hydrogen) atoms. The second-order valence-electron chi connectivity index (χ2n) is 4.07. The predicted molar refractivity (Wildman–Crippen MR) is 65.7 cm³/mol. The van der Waals surface area contributed by atoms with Gasteiger partial charge in [-0.1, -0.05) is 6.07 Å². The van der Waals surface area contributed by atoms with E-state index in [9.17, 15) is 0 Å². The monoisotopic (exact) mass is 227 g/mol. The van der Waals surface area contributed by atoms with Crippen LogP contribution in [0.25, 0.3) is 5.65 Å². The Kier molecular flexibility index (Phi) is 2.11. The van der Waals surface area contributed by atoms with Gasteiger partial charge in [0.1, 0.15) is 11.5 Å². The highest BCUT2D eigenvalue weighted by molar-refractivity contribution is 5.41. The molecular weight excluding hydrogens is 214 g/mol. The third-order valence-corrected chi connectivity index (χ3v) is 2.80. The molecule has 0 bridgehead atoms. The Hall–Kier alpha value is -2.30. The number of imidazole rings is 1. The number of nitrogen functional groups attached to an aromatic ring is 1. The zero-order valence-corrected chi connectivity index (χ0v) is 9.54. The van der Waals surface area contributed by atoms with Crippen LogP contribution >= 0.6 is 0 Å². The van der Waals surface area contributed by atoms with E-state index in [1.807, 2.05) is 41.9 Å². The SMILES string of the molecule is Cc1cnn(Cc2cn3ccccc3n2)c1N. The van der Waals surface area contributed by atoms with Crippen LogP contribution in [0.3, 0.4) is 0 Å². The largest absolute Gasteiger partial charge is 0.384 e. The highest BCUT2D eigenvalue weighted by Crippen LogP contribution is 2.12. The van der Waals surface area contributed by atoms with Crippen molar-refractivity contribution in [3.8, 4) is 0 Å². The van der Waals surface area contributed by atoms with Crippen molar-refractivity contribution in [2.45, 2.75) is 13.5 Å². The van der Waals surface area contributed by atoms with Crippen LogP contribution < -0.4 is 5.73 Å². The zero-order valence-electron chi connectivity index (χ0n) is 9.54. The summed E-state index contributed by atoms with van der Waals surface area (Å²) in [4.78, 5) is 4.50. The fourth-order valence-corrected chi connectivity index (χ4v) is 1.83. The van der Waals surface area contributed by atoms with Crippen molar-refractivity contribution < 1.29 is 0 Å². The van der Waals surface area contributed by atoms with E-state index >= 15 is 0 Å². The van der Waals surface area contributed by atoms with Crippen LogP contribution in [0, 0.1) is 6.92 Å². The minimum Gasteiger partial charge on any atom is -0.384 e. The first-order chi connectivity index (χ1) is 8.24. The minimum atomic E-state index is 0.599. The van der Waals surface area contributed by atoms with Gasteiger partial charge >= 0.3 is 0 Å². The Morgan fingerprint density at radius 3 is 2.94 bits per heavy atom. The summed E-state index contributed by atoms with van der Waals surface area (Å²) < 4.78 is 3.75. The highest BCUT2D eigenvalue weighted by Gasteiger charge is 2.06. The Morgan fingerprint density at radius 2 is 2.24 bits per heavy atom. The zero-order chi connectivity index (χ0) is 11.8. The average molecular weight is 227 g/mol. The van der Waals surface area contributed by atoms with E-state index in [0.29, 0.717) is 12.4 Å². The van der Waals surface area contributed by atoms with Gasteiger partial charge in [-0.25, -0.2) is 9.67 Å². The number of nitrogens with zero attached hydrogens (tertiary/aromatic N) is 4. The molecule has 0 aromatic carbocycles. The molecule has 0 aliphatic rings. The van der Waals surface area contributed by atoms with Gasteiger partial charge in [-0.3, -0.25) is 0 Å². The van der Waals surface area contributed by atoms with Crippen molar-refractivity contribution >= 4 is 11.5 Å². The number of pyridine rings is 1. The number of fused-ring (bicyclic) bond motifs is 1. The predicted octanol–water partition coefficient (Wildman–Crippen LogP) is 1.47. The smallest absolute Gasteiger partial charge is 0.137 e. The van der Waals surface area contributed by atoms with Crippen LogP contribution in [0.15, 0.2) is 36.8 Å². The Morgan fingerprint density at radius 1 is 1.35 bits per heavy atom. The van der Waals surface area contributed by atoms with E-state index in [1.54, 1.807) is 10.9 Å². The number of hydrogen-bond donors (Lipinski definition) is 1. The second kappa shape index (κ2) is 3.62. The maximum Gasteiger partial charge on any atom is 0.137 e. The molecule has 0 atom stereocenters. The molecule has 0 amide bonds. The molecule has 0 fully saturated rings. The summed E-state index contributed by atoms with van der Waals surface area (Å²) in [6.07, 6.45) is 5.74. The molecule has 86 valence electrons. The fourth-order valence-electron chi connectivity index (χ4n) is 1.83. The van der Waals surface area contributed by atoms with E-state index in [-0.39, 0.29) is 0 Å². The summed E-state index contributed by atoms with van der Waals surface area (Å²) in [5.41, 5.74) is 8.79. The van der Waals surface area contributed by atoms with Crippen molar-refractivity contribution in [2.24, 2.45) is 0 Å². The lowest BCUT2D eigenvalue weighted by molar-refractivity contribution is 0.685. The Bertz CT molecular complexity index is 631. The first-order valence-electron chi connectivity index (χ1n) is 5.44. The van der Waals surface area contributed by atoms with Crippen LogP contribution in [-0.2, 0) is 6.54 Å². The van der Waals surface area contributed by atoms with E-state index in [4.69, 9.17) is 5.73 Å². The van der Waals surface area contributed by atoms with Gasteiger partial charge in [0.25, 0.3) is 0 Å². The van der Waals surface area contributed by atoms with Crippen molar-refractivity contribution in [1.29, 1.82) is 0 Å². The van der Waals surface area contributed by atoms with Gasteiger partial charge in [-0.15, -0.1) is 0 Å². The van der Waals surface area contributed by atoms with Crippen LogP contribution in [0.1, 0.15) is 11.3 Å². The molecule has 0 spiro atoms. The minimum absolute atomic E-state index is 0.599. The van der Waals surface area contributed by atoms with Gasteiger partial charge in [-0.2, -0.15) is 5.10 Å². The number of aryl methyl sites for hydroxylation is 1. The lowest BCUT2D eigenvalue weighted by atomic mass is 10.4. The first-order valence-corrected chi connectivity index (χ1v) is 5.44. The average Bonchev–Trinajstić information content (AvgIpc) is 2.87. The van der Waals surface area contributed by atoms with E-state index in [0.717, 1.165) is 16.9 Å². The maximum absolute atomic E-state index is 5.91. The molecule has 0 saturated heterocycles. The molecule has 0 radical (unpaired) electrons. The number of nitrogens with two attached hydrogens (primary N) is 1. The Balaban J connectivity index is 1.97. The van der Waals surface area contributed by atoms with Gasteiger partial charge in [0.15, 0.2) is 0 Å². The highest BCUT2D eigenvalue weighted by atomic mass is 15.3. The third-order valence-electron chi connectivity index (χ3n) is 2.80. The molecule has 0 saturated carbocycles. The quantitative estimate of drug-likeness (QED) is 0.721. The fraction of sp³-hybridized carbons (Fsp3) is 0.167. The molecule has 5 heteroatoms. The standard InChI is InChI=1S/C12H13N5/c1-9-6-14-17(12(9)13)8-10-7-16-5-3-2-4-11(16)15-10/h2-7H,8,13H2,1H3. The van der Waals surface area contributed by atoms with E-state index in [1.165, 1.54) is 0 Å². The molecule has 0 aliphatic heterocycles. The number of rotatable bonds is 2. The maximum atomic E-state index is 5.91. The molecular formula is C12H13N5. The number of hydrogen-bond acceptors (Lipinski definition) is 3. The molecule has 3 aromatic rings. The van der Waals surface area contributed by atoms with Crippen LogP contribution in [0.5, 0.6) is 0 Å². The summed E-state index contributed by atoms with van der Waals surface area (Å²) in [6.45, 7) is 2.55. The topological polar surface area (TPSA) is 61.1 Å². The van der Waals surface area contributed by atoms with Gasteiger partial charge in [-0.05, 0) is 19.1 Å². The molecule has 0 aliphatic carbocycles. The molecule has 3 aromatic heterocycles. The van der Waals surface area contributed by atoms with Crippen molar-refractivity contribution in [3.05, 3.63) is 48.0 Å². The summed E-state index contributed by atoms with van der Waals surface area (Å²) in [5, 5.41) is 4.22. The van der Waals surface area contributed by atoms with Crippen molar-refractivity contribution in [3.63, 3.8) is 0 Å². The van der Waals surface area contributed by atoms with Crippen LogP contribution in [0.4, 0.5) is 5.82 Å². The lowest BCUT2D eigenvalue weighted by Crippen LogP contribution is -2.06. The van der Waals surface area contributed by atoms with Crippen molar-refractivity contribution in [1.82, 2.24) is 19.2 Å². The van der Waals surface area contributed by atoms with E-state index in [2.05, 4.69) is 10.1 Å². The van der Waals surface area contributed by atoms with Gasteiger partial charge in [0, 0.05) is 18.0 Å². The van der Waals surface area contributed by atoms with Gasteiger partial charge < -0.3 is 10.1 Å². The van der Waals surface area contributed by atoms with Crippen LogP contribution in [-0.4, -0.2) is 19.2 Å². The van der Waals surface area contributed by atoms with E-state index < -0.39 is 0 Å². The van der Waals surface area contributed by atoms with Crippen molar-refractivity contribution in [2.75, 3.05) is 5.73 Å². The molecule has 5 nitrogen and oxygen atoms in total. The molecule has 2 N–H and O–H groups in total. The molecule has 0 unspecified atom stereocenters. The molecule has 3 heterocycles. The third kappa shape index (κ3) is 1.65. The van der Waals surface area contributed by atoms with Gasteiger partial charge in [0.2, 0.25) is 0 Å². The van der Waals surface area contributed by atoms with Gasteiger partial charge in [0.05, 0.1) is 18.4 Å². The van der Waals surface area contributed by atoms with Crippen LogP contribution in [0.2, 0.25) is 0 Å². The summed E-state index contributed by atoms with van der Waals surface area (Å²) in [7, 11) is 0. The first kappa shape index (κ1) is 9.89. The molecule has 3 rings (SSSR count). The summed E-state index contributed by atoms with van der Waals surface area (Å²) in [6, 6.07) is 5.92. The normalized spacial score (nSPS) is 11.1. The summed E-state index contributed by atoms with van der Waals surface area (Å²) >= 11 is 0.